The predicted octanol–water partition coefficient (Wildman–Crippen LogP) is 4.46. The Morgan fingerprint density at radius 2 is 1.81 bits per heavy atom. The lowest BCUT2D eigenvalue weighted by atomic mass is 10.2. The van der Waals surface area contributed by atoms with E-state index in [2.05, 4.69) is 0 Å². The van der Waals surface area contributed by atoms with Crippen LogP contribution in [0.2, 0.25) is 0 Å². The summed E-state index contributed by atoms with van der Waals surface area (Å²) < 4.78 is 43.2. The molecule has 0 aliphatic heterocycles. The quantitative estimate of drug-likeness (QED) is 0.503. The molecule has 0 aromatic heterocycles. The number of nitrogens with two attached hydrogens (primary N) is 1. The first kappa shape index (κ1) is 15.6. The fourth-order valence-corrected chi connectivity index (χ4v) is 2.47. The Kier molecular flexibility index (Phi) is 5.01. The standard InChI is InChI=1S/C15H14F3NOS/c16-15(17,18)11-3-1-6-14(9-11)21-8-7-20-13-5-2-4-12(19)10-13/h1-6,9-10H,7-8,19H2. The first-order chi connectivity index (χ1) is 9.95. The molecule has 0 spiro atoms. The minimum absolute atomic E-state index is 0.393. The largest absolute Gasteiger partial charge is 0.493 e. The predicted molar refractivity (Wildman–Crippen MR) is 78.5 cm³/mol. The van der Waals surface area contributed by atoms with E-state index in [9.17, 15) is 13.2 Å². The summed E-state index contributed by atoms with van der Waals surface area (Å²) in [4.78, 5) is 0.570. The normalized spacial score (nSPS) is 11.4. The Balaban J connectivity index is 1.84. The van der Waals surface area contributed by atoms with Crippen molar-refractivity contribution in [3.63, 3.8) is 0 Å². The third kappa shape index (κ3) is 4.90. The first-order valence-electron chi connectivity index (χ1n) is 6.23. The van der Waals surface area contributed by atoms with Gasteiger partial charge in [-0.2, -0.15) is 13.2 Å². The Bertz CT molecular complexity index is 601. The summed E-state index contributed by atoms with van der Waals surface area (Å²) in [6.45, 7) is 0.393. The van der Waals surface area contributed by atoms with Crippen molar-refractivity contribution in [3.05, 3.63) is 54.1 Å². The molecule has 0 atom stereocenters. The van der Waals surface area contributed by atoms with Gasteiger partial charge in [0, 0.05) is 22.4 Å². The SMILES string of the molecule is Nc1cccc(OCCSc2cccc(C(F)(F)F)c2)c1. The number of nitrogen functional groups attached to an aromatic ring is 1. The molecule has 0 heterocycles. The van der Waals surface area contributed by atoms with E-state index in [1.807, 2.05) is 0 Å². The highest BCUT2D eigenvalue weighted by Gasteiger charge is 2.30. The molecule has 21 heavy (non-hydrogen) atoms. The van der Waals surface area contributed by atoms with Crippen LogP contribution in [0.1, 0.15) is 5.56 Å². The fraction of sp³-hybridized carbons (Fsp3) is 0.200. The van der Waals surface area contributed by atoms with E-state index in [-0.39, 0.29) is 0 Å². The van der Waals surface area contributed by atoms with Crippen LogP contribution in [-0.4, -0.2) is 12.4 Å². The number of ether oxygens (including phenoxy) is 1. The molecule has 2 aromatic rings. The molecule has 2 nitrogen and oxygen atoms in total. The Morgan fingerprint density at radius 1 is 1.05 bits per heavy atom. The zero-order valence-corrected chi connectivity index (χ0v) is 11.9. The van der Waals surface area contributed by atoms with E-state index in [1.54, 1.807) is 30.3 Å². The lowest BCUT2D eigenvalue weighted by molar-refractivity contribution is -0.137. The van der Waals surface area contributed by atoms with Crippen LogP contribution < -0.4 is 10.5 Å². The summed E-state index contributed by atoms with van der Waals surface area (Å²) in [7, 11) is 0. The topological polar surface area (TPSA) is 35.2 Å². The van der Waals surface area contributed by atoms with Crippen molar-refractivity contribution in [2.75, 3.05) is 18.1 Å². The average Bonchev–Trinajstić information content (AvgIpc) is 2.43. The monoisotopic (exact) mass is 313 g/mol. The van der Waals surface area contributed by atoms with Crippen LogP contribution in [0.5, 0.6) is 5.75 Å². The van der Waals surface area contributed by atoms with Crippen molar-refractivity contribution in [3.8, 4) is 5.75 Å². The fourth-order valence-electron chi connectivity index (χ4n) is 1.69. The highest BCUT2D eigenvalue weighted by atomic mass is 32.2. The zero-order chi connectivity index (χ0) is 15.3. The lowest BCUT2D eigenvalue weighted by Crippen LogP contribution is -2.04. The molecule has 0 bridgehead atoms. The van der Waals surface area contributed by atoms with Crippen LogP contribution in [-0.2, 0) is 6.18 Å². The number of hydrogen-bond donors (Lipinski definition) is 1. The van der Waals surface area contributed by atoms with Gasteiger partial charge in [0.25, 0.3) is 0 Å². The van der Waals surface area contributed by atoms with E-state index in [1.165, 1.54) is 17.8 Å². The second-order valence-electron chi connectivity index (χ2n) is 4.30. The highest BCUT2D eigenvalue weighted by molar-refractivity contribution is 7.99. The lowest BCUT2D eigenvalue weighted by Gasteiger charge is -2.09. The second-order valence-corrected chi connectivity index (χ2v) is 5.46. The van der Waals surface area contributed by atoms with Crippen molar-refractivity contribution in [1.82, 2.24) is 0 Å². The summed E-state index contributed by atoms with van der Waals surface area (Å²) in [5, 5.41) is 0. The Hall–Kier alpha value is -1.82. The number of halogens is 3. The molecule has 2 N–H and O–H groups in total. The van der Waals surface area contributed by atoms with Crippen molar-refractivity contribution in [2.45, 2.75) is 11.1 Å². The van der Waals surface area contributed by atoms with E-state index in [0.717, 1.165) is 12.1 Å². The summed E-state index contributed by atoms with van der Waals surface area (Å²) in [5.74, 6) is 1.20. The third-order valence-electron chi connectivity index (χ3n) is 2.64. The van der Waals surface area contributed by atoms with Crippen LogP contribution in [0, 0.1) is 0 Å². The maximum absolute atomic E-state index is 12.6. The van der Waals surface area contributed by atoms with Gasteiger partial charge in [0.05, 0.1) is 12.2 Å². The van der Waals surface area contributed by atoms with Gasteiger partial charge in [0.15, 0.2) is 0 Å². The molecule has 6 heteroatoms. The van der Waals surface area contributed by atoms with Crippen LogP contribution in [0.15, 0.2) is 53.4 Å². The molecule has 0 saturated heterocycles. The van der Waals surface area contributed by atoms with Crippen LogP contribution in [0.4, 0.5) is 18.9 Å². The maximum Gasteiger partial charge on any atom is 0.416 e. The van der Waals surface area contributed by atoms with Gasteiger partial charge in [-0.05, 0) is 30.3 Å². The molecule has 0 unspecified atom stereocenters. The number of hydrogen-bond acceptors (Lipinski definition) is 3. The van der Waals surface area contributed by atoms with Gasteiger partial charge in [-0.1, -0.05) is 12.1 Å². The highest BCUT2D eigenvalue weighted by Crippen LogP contribution is 2.31. The molecular formula is C15H14F3NOS. The van der Waals surface area contributed by atoms with Crippen LogP contribution in [0.3, 0.4) is 0 Å². The number of thioether (sulfide) groups is 1. The number of benzene rings is 2. The summed E-state index contributed by atoms with van der Waals surface area (Å²) in [6.07, 6.45) is -4.31. The molecule has 2 aromatic carbocycles. The molecular weight excluding hydrogens is 299 g/mol. The van der Waals surface area contributed by atoms with E-state index >= 15 is 0 Å². The second kappa shape index (κ2) is 6.76. The third-order valence-corrected chi connectivity index (χ3v) is 3.60. The first-order valence-corrected chi connectivity index (χ1v) is 7.22. The van der Waals surface area contributed by atoms with Crippen molar-refractivity contribution >= 4 is 17.4 Å². The van der Waals surface area contributed by atoms with Gasteiger partial charge >= 0.3 is 6.18 Å². The smallest absolute Gasteiger partial charge is 0.416 e. The Morgan fingerprint density at radius 3 is 2.52 bits per heavy atom. The van der Waals surface area contributed by atoms with Gasteiger partial charge in [-0.3, -0.25) is 0 Å². The molecule has 2 rings (SSSR count). The maximum atomic E-state index is 12.6. The molecule has 0 saturated carbocycles. The van der Waals surface area contributed by atoms with E-state index < -0.39 is 11.7 Å². The van der Waals surface area contributed by atoms with Gasteiger partial charge in [0.1, 0.15) is 5.75 Å². The molecule has 0 radical (unpaired) electrons. The van der Waals surface area contributed by atoms with Gasteiger partial charge in [-0.25, -0.2) is 0 Å². The number of anilines is 1. The van der Waals surface area contributed by atoms with Gasteiger partial charge in [0.2, 0.25) is 0 Å². The van der Waals surface area contributed by atoms with Crippen LogP contribution >= 0.6 is 11.8 Å². The molecule has 0 amide bonds. The minimum Gasteiger partial charge on any atom is -0.493 e. The minimum atomic E-state index is -4.31. The van der Waals surface area contributed by atoms with E-state index in [4.69, 9.17) is 10.5 Å². The summed E-state index contributed by atoms with van der Waals surface area (Å²) >= 11 is 1.32. The summed E-state index contributed by atoms with van der Waals surface area (Å²) in [5.41, 5.74) is 5.59. The van der Waals surface area contributed by atoms with Gasteiger partial charge in [-0.15, -0.1) is 11.8 Å². The van der Waals surface area contributed by atoms with Crippen molar-refractivity contribution in [2.24, 2.45) is 0 Å². The molecule has 0 fully saturated rings. The number of rotatable bonds is 5. The molecule has 0 aliphatic rings. The molecule has 0 aliphatic carbocycles. The zero-order valence-electron chi connectivity index (χ0n) is 11.1. The van der Waals surface area contributed by atoms with E-state index in [0.29, 0.717) is 28.7 Å². The van der Waals surface area contributed by atoms with Crippen LogP contribution in [0.25, 0.3) is 0 Å². The molecule has 112 valence electrons. The summed E-state index contributed by atoms with van der Waals surface area (Å²) in [6, 6.07) is 12.3. The van der Waals surface area contributed by atoms with Crippen molar-refractivity contribution < 1.29 is 17.9 Å². The van der Waals surface area contributed by atoms with Gasteiger partial charge < -0.3 is 10.5 Å². The number of alkyl halides is 3. The Labute approximate surface area is 125 Å². The average molecular weight is 313 g/mol. The van der Waals surface area contributed by atoms with Crippen molar-refractivity contribution in [1.29, 1.82) is 0 Å².